The average Bonchev–Trinajstić information content (AvgIpc) is 2.76. The highest BCUT2D eigenvalue weighted by Gasteiger charge is 2.22. The first-order valence-electron chi connectivity index (χ1n) is 6.65. The Morgan fingerprint density at radius 3 is 2.67 bits per heavy atom. The molecule has 0 fully saturated rings. The van der Waals surface area contributed by atoms with Gasteiger partial charge in [-0.05, 0) is 47.7 Å². The van der Waals surface area contributed by atoms with E-state index in [-0.39, 0.29) is 0 Å². The summed E-state index contributed by atoms with van der Waals surface area (Å²) in [6.07, 6.45) is 2.34. The molecule has 0 amide bonds. The summed E-state index contributed by atoms with van der Waals surface area (Å²) in [6, 6.07) is 9.43. The van der Waals surface area contributed by atoms with E-state index in [1.54, 1.807) is 0 Å². The number of hydrogen-bond donors (Lipinski definition) is 1. The van der Waals surface area contributed by atoms with Gasteiger partial charge in [0.2, 0.25) is 0 Å². The van der Waals surface area contributed by atoms with Crippen LogP contribution in [0.3, 0.4) is 0 Å². The number of hydrogen-bond acceptors (Lipinski definition) is 2. The minimum Gasteiger partial charge on any atom is -0.316 e. The van der Waals surface area contributed by atoms with E-state index < -0.39 is 0 Å². The van der Waals surface area contributed by atoms with Gasteiger partial charge in [-0.3, -0.25) is 0 Å². The van der Waals surface area contributed by atoms with Crippen LogP contribution >= 0.6 is 11.3 Å². The Balaban J connectivity index is 2.12. The van der Waals surface area contributed by atoms with Crippen molar-refractivity contribution in [3.63, 3.8) is 0 Å². The summed E-state index contributed by atoms with van der Waals surface area (Å²) in [6.45, 7) is 6.92. The lowest BCUT2D eigenvalue weighted by Gasteiger charge is -2.30. The van der Waals surface area contributed by atoms with Crippen molar-refractivity contribution < 1.29 is 0 Å². The summed E-state index contributed by atoms with van der Waals surface area (Å²) >= 11 is 1.86. The molecule has 1 atom stereocenters. The van der Waals surface area contributed by atoms with Crippen LogP contribution in [-0.4, -0.2) is 13.1 Å². The van der Waals surface area contributed by atoms with Gasteiger partial charge in [-0.1, -0.05) is 39.0 Å². The quantitative estimate of drug-likeness (QED) is 0.856. The zero-order valence-electron chi connectivity index (χ0n) is 11.8. The second kappa shape index (κ2) is 5.41. The SMILES string of the molecule is CNC(CCc1cccc2ccsc12)C(C)(C)C. The molecule has 2 heteroatoms. The van der Waals surface area contributed by atoms with E-state index >= 15 is 0 Å². The highest BCUT2D eigenvalue weighted by molar-refractivity contribution is 7.17. The average molecular weight is 261 g/mol. The van der Waals surface area contributed by atoms with Crippen molar-refractivity contribution in [2.75, 3.05) is 7.05 Å². The van der Waals surface area contributed by atoms with Crippen LogP contribution in [0.1, 0.15) is 32.8 Å². The Morgan fingerprint density at radius 1 is 1.22 bits per heavy atom. The lowest BCUT2D eigenvalue weighted by Crippen LogP contribution is -2.38. The molecule has 2 rings (SSSR count). The third-order valence-electron chi connectivity index (χ3n) is 3.66. The van der Waals surface area contributed by atoms with Gasteiger partial charge in [-0.15, -0.1) is 11.3 Å². The highest BCUT2D eigenvalue weighted by Crippen LogP contribution is 2.28. The molecular weight excluding hydrogens is 238 g/mol. The minimum atomic E-state index is 0.318. The molecule has 0 aliphatic rings. The molecular formula is C16H23NS. The van der Waals surface area contributed by atoms with Gasteiger partial charge in [0, 0.05) is 10.7 Å². The second-order valence-electron chi connectivity index (χ2n) is 6.00. The van der Waals surface area contributed by atoms with Crippen LogP contribution in [0.15, 0.2) is 29.6 Å². The molecule has 0 aliphatic heterocycles. The van der Waals surface area contributed by atoms with Gasteiger partial charge in [0.15, 0.2) is 0 Å². The highest BCUT2D eigenvalue weighted by atomic mass is 32.1. The van der Waals surface area contributed by atoms with Crippen molar-refractivity contribution in [2.24, 2.45) is 5.41 Å². The molecule has 1 aromatic heterocycles. The lowest BCUT2D eigenvalue weighted by atomic mass is 9.83. The molecule has 0 saturated carbocycles. The molecule has 0 bridgehead atoms. The number of thiophene rings is 1. The van der Waals surface area contributed by atoms with Crippen molar-refractivity contribution in [3.8, 4) is 0 Å². The standard InChI is InChI=1S/C16H23NS/c1-16(2,3)14(17-4)9-8-12-6-5-7-13-10-11-18-15(12)13/h5-7,10-11,14,17H,8-9H2,1-4H3. The van der Waals surface area contributed by atoms with E-state index in [9.17, 15) is 0 Å². The Hall–Kier alpha value is -0.860. The van der Waals surface area contributed by atoms with E-state index in [0.29, 0.717) is 11.5 Å². The third kappa shape index (κ3) is 2.93. The summed E-state index contributed by atoms with van der Waals surface area (Å²) in [4.78, 5) is 0. The number of rotatable bonds is 4. The Labute approximate surface area is 114 Å². The van der Waals surface area contributed by atoms with Crippen molar-refractivity contribution in [1.29, 1.82) is 0 Å². The van der Waals surface area contributed by atoms with Gasteiger partial charge >= 0.3 is 0 Å². The van der Waals surface area contributed by atoms with Gasteiger partial charge in [0.05, 0.1) is 0 Å². The van der Waals surface area contributed by atoms with Crippen LogP contribution in [0.4, 0.5) is 0 Å². The third-order valence-corrected chi connectivity index (χ3v) is 4.66. The van der Waals surface area contributed by atoms with E-state index in [0.717, 1.165) is 6.42 Å². The molecule has 98 valence electrons. The largest absolute Gasteiger partial charge is 0.316 e. The normalized spacial score (nSPS) is 14.0. The molecule has 1 nitrogen and oxygen atoms in total. The van der Waals surface area contributed by atoms with Crippen molar-refractivity contribution >= 4 is 21.4 Å². The summed E-state index contributed by atoms with van der Waals surface area (Å²) in [5, 5.41) is 7.03. The van der Waals surface area contributed by atoms with Gasteiger partial charge in [-0.2, -0.15) is 0 Å². The summed E-state index contributed by atoms with van der Waals surface area (Å²) in [5.74, 6) is 0. The molecule has 1 heterocycles. The Morgan fingerprint density at radius 2 is 2.00 bits per heavy atom. The first-order chi connectivity index (χ1) is 8.52. The number of fused-ring (bicyclic) bond motifs is 1. The van der Waals surface area contributed by atoms with Crippen LogP contribution in [0.25, 0.3) is 10.1 Å². The molecule has 1 aromatic carbocycles. The predicted molar refractivity (Wildman–Crippen MR) is 82.4 cm³/mol. The predicted octanol–water partition coefficient (Wildman–Crippen LogP) is 4.47. The van der Waals surface area contributed by atoms with Gasteiger partial charge in [-0.25, -0.2) is 0 Å². The molecule has 1 N–H and O–H groups in total. The summed E-state index contributed by atoms with van der Waals surface area (Å²) in [5.41, 5.74) is 1.81. The van der Waals surface area contributed by atoms with Crippen molar-refractivity contribution in [3.05, 3.63) is 35.2 Å². The Kier molecular flexibility index (Phi) is 4.08. The summed E-state index contributed by atoms with van der Waals surface area (Å²) in [7, 11) is 2.07. The zero-order chi connectivity index (χ0) is 13.2. The van der Waals surface area contributed by atoms with Gasteiger partial charge in [0.25, 0.3) is 0 Å². The lowest BCUT2D eigenvalue weighted by molar-refractivity contribution is 0.268. The maximum absolute atomic E-state index is 3.46. The fourth-order valence-corrected chi connectivity index (χ4v) is 3.51. The van der Waals surface area contributed by atoms with E-state index in [2.05, 4.69) is 62.8 Å². The maximum atomic E-state index is 3.46. The molecule has 1 unspecified atom stereocenters. The second-order valence-corrected chi connectivity index (χ2v) is 6.92. The monoisotopic (exact) mass is 261 g/mol. The van der Waals surface area contributed by atoms with Crippen LogP contribution in [0.5, 0.6) is 0 Å². The molecule has 0 spiro atoms. The zero-order valence-corrected chi connectivity index (χ0v) is 12.6. The molecule has 0 aliphatic carbocycles. The molecule has 0 saturated heterocycles. The topological polar surface area (TPSA) is 12.0 Å². The fraction of sp³-hybridized carbons (Fsp3) is 0.500. The number of benzene rings is 1. The van der Waals surface area contributed by atoms with Crippen LogP contribution in [0.2, 0.25) is 0 Å². The fourth-order valence-electron chi connectivity index (χ4n) is 2.56. The Bertz CT molecular complexity index is 507. The maximum Gasteiger partial charge on any atom is 0.0374 e. The first kappa shape index (κ1) is 13.6. The smallest absolute Gasteiger partial charge is 0.0374 e. The number of aryl methyl sites for hydroxylation is 1. The van der Waals surface area contributed by atoms with Gasteiger partial charge < -0.3 is 5.32 Å². The van der Waals surface area contributed by atoms with Crippen LogP contribution in [0, 0.1) is 5.41 Å². The van der Waals surface area contributed by atoms with E-state index in [1.165, 1.54) is 22.1 Å². The summed E-state index contributed by atoms with van der Waals surface area (Å²) < 4.78 is 1.46. The van der Waals surface area contributed by atoms with Crippen LogP contribution < -0.4 is 5.32 Å². The van der Waals surface area contributed by atoms with Crippen molar-refractivity contribution in [2.45, 2.75) is 39.7 Å². The first-order valence-corrected chi connectivity index (χ1v) is 7.52. The number of nitrogens with one attached hydrogen (secondary N) is 1. The van der Waals surface area contributed by atoms with Crippen LogP contribution in [-0.2, 0) is 6.42 Å². The van der Waals surface area contributed by atoms with E-state index in [1.807, 2.05) is 11.3 Å². The molecule has 0 radical (unpaired) electrons. The molecule has 18 heavy (non-hydrogen) atoms. The minimum absolute atomic E-state index is 0.318. The van der Waals surface area contributed by atoms with Crippen molar-refractivity contribution in [1.82, 2.24) is 5.32 Å². The van der Waals surface area contributed by atoms with E-state index in [4.69, 9.17) is 0 Å². The molecule has 2 aromatic rings. The van der Waals surface area contributed by atoms with Gasteiger partial charge in [0.1, 0.15) is 0 Å².